The molecule has 1 aliphatic heterocycles. The molecule has 0 unspecified atom stereocenters. The third-order valence-corrected chi connectivity index (χ3v) is 4.13. The summed E-state index contributed by atoms with van der Waals surface area (Å²) < 4.78 is 27.5. The number of hydrogen-bond acceptors (Lipinski definition) is 4. The molecule has 1 aromatic heterocycles. The van der Waals surface area contributed by atoms with Gasteiger partial charge in [0.1, 0.15) is 5.15 Å². The van der Waals surface area contributed by atoms with Crippen LogP contribution in [0.3, 0.4) is 0 Å². The van der Waals surface area contributed by atoms with E-state index in [-0.39, 0.29) is 11.1 Å². The molecule has 2 rings (SSSR count). The normalized spacial score (nSPS) is 17.3. The zero-order valence-corrected chi connectivity index (χ0v) is 10.9. The monoisotopic (exact) mass is 276 g/mol. The maximum absolute atomic E-state index is 11.9. The summed E-state index contributed by atoms with van der Waals surface area (Å²) in [5.41, 5.74) is 0.615. The molecule has 0 atom stereocenters. The first-order chi connectivity index (χ1) is 7.97. The van der Waals surface area contributed by atoms with Crippen LogP contribution in [0.4, 0.5) is 5.95 Å². The predicted molar refractivity (Wildman–Crippen MR) is 65.1 cm³/mol. The highest BCUT2D eigenvalue weighted by Crippen LogP contribution is 2.16. The van der Waals surface area contributed by atoms with Crippen molar-refractivity contribution in [1.29, 1.82) is 0 Å². The fourth-order valence-electron chi connectivity index (χ4n) is 1.68. The van der Waals surface area contributed by atoms with Crippen molar-refractivity contribution >= 4 is 27.8 Å². The second-order valence-corrected chi connectivity index (χ2v) is 5.93. The highest BCUT2D eigenvalue weighted by Gasteiger charge is 2.25. The lowest BCUT2D eigenvalue weighted by molar-refractivity contribution is 0.482. The number of nitrogens with one attached hydrogen (secondary N) is 1. The van der Waals surface area contributed by atoms with Crippen molar-refractivity contribution in [3.8, 4) is 0 Å². The molecule has 6 nitrogen and oxygen atoms in total. The van der Waals surface area contributed by atoms with Crippen LogP contribution in [0, 0.1) is 6.92 Å². The minimum atomic E-state index is -3.55. The van der Waals surface area contributed by atoms with Crippen LogP contribution in [0.15, 0.2) is 6.07 Å². The van der Waals surface area contributed by atoms with Crippen molar-refractivity contribution in [3.63, 3.8) is 0 Å². The number of anilines is 1. The molecule has 1 N–H and O–H groups in total. The fraction of sp³-hybridized carbons (Fsp3) is 0.556. The van der Waals surface area contributed by atoms with Crippen LogP contribution in [0.25, 0.3) is 0 Å². The largest absolute Gasteiger partial charge is 0.303 e. The van der Waals surface area contributed by atoms with Gasteiger partial charge in [0.2, 0.25) is 5.95 Å². The maximum atomic E-state index is 11.9. The molecule has 0 amide bonds. The minimum absolute atomic E-state index is 0.0156. The lowest BCUT2D eigenvalue weighted by Gasteiger charge is -2.15. The molecule has 17 heavy (non-hydrogen) atoms. The van der Waals surface area contributed by atoms with Crippen molar-refractivity contribution in [2.75, 3.05) is 17.8 Å². The van der Waals surface area contributed by atoms with Gasteiger partial charge < -0.3 is 0 Å². The Morgan fingerprint density at radius 3 is 2.59 bits per heavy atom. The summed E-state index contributed by atoms with van der Waals surface area (Å²) >= 11 is 5.74. The lowest BCUT2D eigenvalue weighted by atomic mass is 10.4. The second kappa shape index (κ2) is 4.75. The zero-order valence-electron chi connectivity index (χ0n) is 9.35. The van der Waals surface area contributed by atoms with E-state index in [0.717, 1.165) is 12.8 Å². The molecule has 94 valence electrons. The Labute approximate surface area is 105 Å². The number of rotatable bonds is 3. The number of aryl methyl sites for hydroxylation is 1. The predicted octanol–water partition coefficient (Wildman–Crippen LogP) is 1.19. The first-order valence-corrected chi connectivity index (χ1v) is 7.08. The summed E-state index contributed by atoms with van der Waals surface area (Å²) in [7, 11) is -3.55. The summed E-state index contributed by atoms with van der Waals surface area (Å²) in [6.45, 7) is 2.80. The van der Waals surface area contributed by atoms with Crippen molar-refractivity contribution in [2.24, 2.45) is 0 Å². The van der Waals surface area contributed by atoms with Gasteiger partial charge in [-0.3, -0.25) is 0 Å². The Bertz CT molecular complexity index is 493. The van der Waals surface area contributed by atoms with Crippen LogP contribution in [0.2, 0.25) is 5.15 Å². The van der Waals surface area contributed by atoms with E-state index in [1.54, 1.807) is 13.0 Å². The van der Waals surface area contributed by atoms with E-state index in [2.05, 4.69) is 14.7 Å². The molecule has 0 radical (unpaired) electrons. The summed E-state index contributed by atoms with van der Waals surface area (Å²) in [6.07, 6.45) is 1.77. The third-order valence-electron chi connectivity index (χ3n) is 2.45. The minimum Gasteiger partial charge on any atom is -0.238 e. The molecular formula is C9H13ClN4O2S. The van der Waals surface area contributed by atoms with Gasteiger partial charge in [0, 0.05) is 18.8 Å². The molecule has 1 aromatic rings. The molecule has 1 fully saturated rings. The number of halogens is 1. The Kier molecular flexibility index (Phi) is 3.50. The molecular weight excluding hydrogens is 264 g/mol. The average molecular weight is 277 g/mol. The first-order valence-electron chi connectivity index (χ1n) is 5.26. The van der Waals surface area contributed by atoms with Gasteiger partial charge in [-0.05, 0) is 25.8 Å². The number of aromatic nitrogens is 2. The highest BCUT2D eigenvalue weighted by molar-refractivity contribution is 7.90. The van der Waals surface area contributed by atoms with Crippen LogP contribution in [0.1, 0.15) is 18.5 Å². The fourth-order valence-corrected chi connectivity index (χ4v) is 3.11. The molecule has 0 aromatic carbocycles. The van der Waals surface area contributed by atoms with Crippen LogP contribution in [-0.2, 0) is 10.2 Å². The molecule has 0 saturated carbocycles. The van der Waals surface area contributed by atoms with Crippen LogP contribution in [-0.4, -0.2) is 35.8 Å². The van der Waals surface area contributed by atoms with Crippen molar-refractivity contribution < 1.29 is 8.42 Å². The summed E-state index contributed by atoms with van der Waals surface area (Å²) in [4.78, 5) is 7.81. The van der Waals surface area contributed by atoms with Crippen molar-refractivity contribution in [3.05, 3.63) is 16.9 Å². The molecule has 0 bridgehead atoms. The van der Waals surface area contributed by atoms with E-state index in [4.69, 9.17) is 11.6 Å². The summed E-state index contributed by atoms with van der Waals surface area (Å²) in [6, 6.07) is 1.56. The topological polar surface area (TPSA) is 75.2 Å². The van der Waals surface area contributed by atoms with Crippen LogP contribution < -0.4 is 4.72 Å². The van der Waals surface area contributed by atoms with Gasteiger partial charge in [-0.1, -0.05) is 11.6 Å². The van der Waals surface area contributed by atoms with E-state index in [9.17, 15) is 8.42 Å². The third kappa shape index (κ3) is 3.05. The summed E-state index contributed by atoms with van der Waals surface area (Å²) in [5, 5.41) is 0.219. The zero-order chi connectivity index (χ0) is 12.5. The second-order valence-electron chi connectivity index (χ2n) is 3.87. The van der Waals surface area contributed by atoms with E-state index < -0.39 is 10.2 Å². The Hall–Kier alpha value is -0.920. The average Bonchev–Trinajstić information content (AvgIpc) is 2.67. The van der Waals surface area contributed by atoms with Gasteiger partial charge in [0.15, 0.2) is 0 Å². The lowest BCUT2D eigenvalue weighted by Crippen LogP contribution is -2.34. The molecule has 1 aliphatic rings. The standard InChI is InChI=1S/C9H13ClN4O2S/c1-7-6-8(10)12-9(11-7)13-17(15,16)14-4-2-3-5-14/h6H,2-5H2,1H3,(H,11,12,13). The highest BCUT2D eigenvalue weighted by atomic mass is 35.5. The van der Waals surface area contributed by atoms with Crippen molar-refractivity contribution in [1.82, 2.24) is 14.3 Å². The first kappa shape index (κ1) is 12.5. The van der Waals surface area contributed by atoms with Crippen molar-refractivity contribution in [2.45, 2.75) is 19.8 Å². The number of nitrogens with zero attached hydrogens (tertiary/aromatic N) is 3. The number of hydrogen-bond donors (Lipinski definition) is 1. The Morgan fingerprint density at radius 1 is 1.35 bits per heavy atom. The van der Waals surface area contributed by atoms with Crippen LogP contribution in [0.5, 0.6) is 0 Å². The smallest absolute Gasteiger partial charge is 0.238 e. The SMILES string of the molecule is Cc1cc(Cl)nc(NS(=O)(=O)N2CCCC2)n1. The quantitative estimate of drug-likeness (QED) is 0.842. The molecule has 0 spiro atoms. The van der Waals surface area contributed by atoms with E-state index in [0.29, 0.717) is 18.8 Å². The van der Waals surface area contributed by atoms with E-state index in [1.165, 1.54) is 4.31 Å². The van der Waals surface area contributed by atoms with Crippen LogP contribution >= 0.6 is 11.6 Å². The Morgan fingerprint density at radius 2 is 2.00 bits per heavy atom. The molecule has 1 saturated heterocycles. The molecule has 2 heterocycles. The maximum Gasteiger partial charge on any atom is 0.303 e. The molecule has 0 aliphatic carbocycles. The summed E-state index contributed by atoms with van der Waals surface area (Å²) in [5.74, 6) is 0.0156. The van der Waals surface area contributed by atoms with E-state index >= 15 is 0 Å². The molecule has 8 heteroatoms. The van der Waals surface area contributed by atoms with Gasteiger partial charge in [-0.15, -0.1) is 0 Å². The van der Waals surface area contributed by atoms with Gasteiger partial charge in [-0.2, -0.15) is 12.7 Å². The van der Waals surface area contributed by atoms with Gasteiger partial charge in [-0.25, -0.2) is 14.7 Å². The van der Waals surface area contributed by atoms with Gasteiger partial charge in [0.25, 0.3) is 0 Å². The van der Waals surface area contributed by atoms with Gasteiger partial charge >= 0.3 is 10.2 Å². The van der Waals surface area contributed by atoms with E-state index in [1.807, 2.05) is 0 Å². The Balaban J connectivity index is 2.19. The van der Waals surface area contributed by atoms with Gasteiger partial charge in [0.05, 0.1) is 0 Å².